The molecule has 1 heterocycles. The van der Waals surface area contributed by atoms with Crippen LogP contribution in [0.5, 0.6) is 11.5 Å². The summed E-state index contributed by atoms with van der Waals surface area (Å²) in [6.45, 7) is 4.76. The van der Waals surface area contributed by atoms with Crippen LogP contribution >= 0.6 is 11.6 Å². The Balaban J connectivity index is 1.59. The SMILES string of the molecule is C=CC(=O)Nc1cc2c(cc1OCCOC)N(c1ccc(OCc3cccc(F)c3)c(Cl)c1)CN=C2. The van der Waals surface area contributed by atoms with Gasteiger partial charge in [0.1, 0.15) is 37.2 Å². The molecule has 4 rings (SSSR count). The minimum absolute atomic E-state index is 0.190. The van der Waals surface area contributed by atoms with Crippen LogP contribution in [0.25, 0.3) is 0 Å². The van der Waals surface area contributed by atoms with Crippen LogP contribution in [-0.4, -0.2) is 39.1 Å². The van der Waals surface area contributed by atoms with Crippen LogP contribution in [0.15, 0.2) is 72.2 Å². The fourth-order valence-electron chi connectivity index (χ4n) is 3.64. The van der Waals surface area contributed by atoms with Crippen molar-refractivity contribution in [1.29, 1.82) is 0 Å². The van der Waals surface area contributed by atoms with Gasteiger partial charge in [-0.2, -0.15) is 0 Å². The molecule has 0 bridgehead atoms. The molecule has 0 spiro atoms. The van der Waals surface area contributed by atoms with Crippen molar-refractivity contribution in [1.82, 2.24) is 0 Å². The molecule has 0 atom stereocenters. The van der Waals surface area contributed by atoms with Crippen LogP contribution < -0.4 is 19.7 Å². The number of carbonyl (C=O) groups is 1. The minimum Gasteiger partial charge on any atom is -0.489 e. The average Bonchev–Trinajstić information content (AvgIpc) is 2.88. The van der Waals surface area contributed by atoms with Crippen molar-refractivity contribution in [2.45, 2.75) is 6.61 Å². The summed E-state index contributed by atoms with van der Waals surface area (Å²) in [6.07, 6.45) is 2.94. The number of methoxy groups -OCH3 is 1. The summed E-state index contributed by atoms with van der Waals surface area (Å²) >= 11 is 6.53. The number of halogens is 2. The number of rotatable bonds is 10. The highest BCUT2D eigenvalue weighted by Gasteiger charge is 2.21. The van der Waals surface area contributed by atoms with Gasteiger partial charge in [0.25, 0.3) is 0 Å². The smallest absolute Gasteiger partial charge is 0.247 e. The first kappa shape index (κ1) is 25.2. The monoisotopic (exact) mass is 509 g/mol. The third-order valence-electron chi connectivity index (χ3n) is 5.37. The molecule has 1 N–H and O–H groups in total. The molecule has 3 aromatic carbocycles. The van der Waals surface area contributed by atoms with E-state index in [9.17, 15) is 9.18 Å². The summed E-state index contributed by atoms with van der Waals surface area (Å²) in [5.41, 5.74) is 3.62. The Hall–Kier alpha value is -3.88. The minimum atomic E-state index is -0.350. The van der Waals surface area contributed by atoms with E-state index in [-0.39, 0.29) is 18.3 Å². The summed E-state index contributed by atoms with van der Waals surface area (Å²) in [7, 11) is 1.59. The molecular weight excluding hydrogens is 485 g/mol. The summed E-state index contributed by atoms with van der Waals surface area (Å²) in [5.74, 6) is 0.301. The van der Waals surface area contributed by atoms with E-state index in [0.29, 0.717) is 47.7 Å². The summed E-state index contributed by atoms with van der Waals surface area (Å²) in [6, 6.07) is 15.3. The molecule has 7 nitrogen and oxygen atoms in total. The number of aliphatic imine (C=N–C) groups is 1. The number of nitrogens with one attached hydrogen (secondary N) is 1. The molecule has 1 amide bonds. The van der Waals surface area contributed by atoms with Gasteiger partial charge in [0.05, 0.1) is 23.0 Å². The van der Waals surface area contributed by atoms with Gasteiger partial charge in [-0.25, -0.2) is 4.39 Å². The Morgan fingerprint density at radius 2 is 2.03 bits per heavy atom. The lowest BCUT2D eigenvalue weighted by atomic mass is 10.1. The second kappa shape index (κ2) is 11.7. The summed E-state index contributed by atoms with van der Waals surface area (Å²) in [4.78, 5) is 18.4. The van der Waals surface area contributed by atoms with Crippen molar-refractivity contribution in [3.05, 3.63) is 89.2 Å². The van der Waals surface area contributed by atoms with E-state index in [1.165, 1.54) is 18.2 Å². The Morgan fingerprint density at radius 1 is 1.17 bits per heavy atom. The lowest BCUT2D eigenvalue weighted by molar-refractivity contribution is -0.111. The summed E-state index contributed by atoms with van der Waals surface area (Å²) in [5, 5.41) is 3.18. The van der Waals surface area contributed by atoms with Crippen LogP contribution in [-0.2, 0) is 16.1 Å². The van der Waals surface area contributed by atoms with Gasteiger partial charge in [0, 0.05) is 30.6 Å². The number of ether oxygens (including phenoxy) is 3. The van der Waals surface area contributed by atoms with Crippen LogP contribution in [0.4, 0.5) is 21.5 Å². The molecule has 1 aliphatic heterocycles. The van der Waals surface area contributed by atoms with Gasteiger partial charge in [-0.05, 0) is 48.0 Å². The van der Waals surface area contributed by atoms with E-state index in [2.05, 4.69) is 16.9 Å². The molecular formula is C27H25ClFN3O4. The normalized spacial score (nSPS) is 12.1. The molecule has 0 saturated heterocycles. The maximum atomic E-state index is 13.4. The van der Waals surface area contributed by atoms with Gasteiger partial charge in [-0.15, -0.1) is 0 Å². The van der Waals surface area contributed by atoms with E-state index in [1.807, 2.05) is 17.0 Å². The zero-order valence-electron chi connectivity index (χ0n) is 19.7. The number of hydrogen-bond acceptors (Lipinski definition) is 6. The van der Waals surface area contributed by atoms with Gasteiger partial charge < -0.3 is 24.4 Å². The van der Waals surface area contributed by atoms with E-state index in [1.54, 1.807) is 43.7 Å². The largest absolute Gasteiger partial charge is 0.489 e. The number of carbonyl (C=O) groups excluding carboxylic acids is 1. The number of anilines is 3. The van der Waals surface area contributed by atoms with Crippen LogP contribution in [0, 0.1) is 5.82 Å². The molecule has 36 heavy (non-hydrogen) atoms. The highest BCUT2D eigenvalue weighted by molar-refractivity contribution is 6.32. The fourth-order valence-corrected chi connectivity index (χ4v) is 3.87. The van der Waals surface area contributed by atoms with Gasteiger partial charge >= 0.3 is 0 Å². The van der Waals surface area contributed by atoms with Crippen molar-refractivity contribution in [2.75, 3.05) is 37.2 Å². The lowest BCUT2D eigenvalue weighted by Gasteiger charge is -2.29. The maximum absolute atomic E-state index is 13.4. The predicted octanol–water partition coefficient (Wildman–Crippen LogP) is 5.74. The number of hydrogen-bond donors (Lipinski definition) is 1. The maximum Gasteiger partial charge on any atom is 0.247 e. The Morgan fingerprint density at radius 3 is 2.78 bits per heavy atom. The van der Waals surface area contributed by atoms with E-state index in [0.717, 1.165) is 16.9 Å². The molecule has 0 aromatic heterocycles. The zero-order valence-corrected chi connectivity index (χ0v) is 20.4. The Labute approximate surface area is 213 Å². The molecule has 0 radical (unpaired) electrons. The summed E-state index contributed by atoms with van der Waals surface area (Å²) < 4.78 is 30.2. The third-order valence-corrected chi connectivity index (χ3v) is 5.67. The molecule has 0 aliphatic carbocycles. The first-order chi connectivity index (χ1) is 17.5. The molecule has 1 aliphatic rings. The van der Waals surface area contributed by atoms with Crippen LogP contribution in [0.2, 0.25) is 5.02 Å². The van der Waals surface area contributed by atoms with Gasteiger partial charge in [0.15, 0.2) is 0 Å². The van der Waals surface area contributed by atoms with Gasteiger partial charge in [-0.3, -0.25) is 9.79 Å². The number of amides is 1. The lowest BCUT2D eigenvalue weighted by Crippen LogP contribution is -2.23. The quantitative estimate of drug-likeness (QED) is 0.279. The van der Waals surface area contributed by atoms with Gasteiger partial charge in [-0.1, -0.05) is 30.3 Å². The molecule has 0 unspecified atom stereocenters. The van der Waals surface area contributed by atoms with Crippen LogP contribution in [0.3, 0.4) is 0 Å². The van der Waals surface area contributed by atoms with Crippen molar-refractivity contribution in [2.24, 2.45) is 4.99 Å². The molecule has 186 valence electrons. The van der Waals surface area contributed by atoms with Crippen molar-refractivity contribution in [3.63, 3.8) is 0 Å². The second-order valence-electron chi connectivity index (χ2n) is 7.86. The van der Waals surface area contributed by atoms with Crippen molar-refractivity contribution in [3.8, 4) is 11.5 Å². The van der Waals surface area contributed by atoms with E-state index < -0.39 is 0 Å². The Bertz CT molecular complexity index is 1300. The van der Waals surface area contributed by atoms with E-state index in [4.69, 9.17) is 25.8 Å². The predicted molar refractivity (Wildman–Crippen MR) is 139 cm³/mol. The topological polar surface area (TPSA) is 72.4 Å². The number of fused-ring (bicyclic) bond motifs is 1. The Kier molecular flexibility index (Phi) is 8.20. The standard InChI is InChI=1S/C27H25ClFN3O4/c1-3-27(33)31-23-12-19-15-30-17-32(24(19)14-26(23)35-10-9-34-2)21-7-8-25(22(28)13-21)36-16-18-5-4-6-20(29)11-18/h3-8,11-15H,1,9-10,16-17H2,2H3,(H,31,33). The average molecular weight is 510 g/mol. The first-order valence-corrected chi connectivity index (χ1v) is 11.5. The van der Waals surface area contributed by atoms with Crippen LogP contribution in [0.1, 0.15) is 11.1 Å². The fraction of sp³-hybridized carbons (Fsp3) is 0.185. The zero-order chi connectivity index (χ0) is 25.5. The highest BCUT2D eigenvalue weighted by atomic mass is 35.5. The molecule has 9 heteroatoms. The molecule has 0 saturated carbocycles. The molecule has 3 aromatic rings. The number of nitrogens with zero attached hydrogens (tertiary/aromatic N) is 2. The van der Waals surface area contributed by atoms with Crippen molar-refractivity contribution >= 4 is 40.8 Å². The first-order valence-electron chi connectivity index (χ1n) is 11.2. The third kappa shape index (κ3) is 6.02. The van der Waals surface area contributed by atoms with Gasteiger partial charge in [0.2, 0.25) is 5.91 Å². The highest BCUT2D eigenvalue weighted by Crippen LogP contribution is 2.40. The second-order valence-corrected chi connectivity index (χ2v) is 8.26. The molecule has 0 fully saturated rings. The van der Waals surface area contributed by atoms with Crippen molar-refractivity contribution < 1.29 is 23.4 Å². The van der Waals surface area contributed by atoms with E-state index >= 15 is 0 Å². The number of benzene rings is 3.